The standard InChI is InChI=1S/C16H26N6O2/c1-3-15-18-16(24-19-15)13(2)21-9-7-20(8-10-21)11-14(23)12-22-6-4-5-17-22/h4-6,13-14,23H,3,7-12H2,1-2H3/t13-,14-/m0/s1. The Hall–Kier alpha value is -1.77. The predicted molar refractivity (Wildman–Crippen MR) is 88.3 cm³/mol. The molecule has 0 saturated carbocycles. The molecule has 1 N–H and O–H groups in total. The number of piperazine rings is 1. The molecule has 0 unspecified atom stereocenters. The molecule has 132 valence electrons. The van der Waals surface area contributed by atoms with Crippen molar-refractivity contribution in [1.82, 2.24) is 29.7 Å². The van der Waals surface area contributed by atoms with E-state index in [1.165, 1.54) is 0 Å². The third-order valence-corrected chi connectivity index (χ3v) is 4.54. The number of β-amino-alcohol motifs (C(OH)–C–C–N with tert-alkyl or cyclic N) is 1. The summed E-state index contributed by atoms with van der Waals surface area (Å²) in [6, 6.07) is 2.00. The van der Waals surface area contributed by atoms with Gasteiger partial charge < -0.3 is 9.63 Å². The maximum absolute atomic E-state index is 10.2. The summed E-state index contributed by atoms with van der Waals surface area (Å²) in [7, 11) is 0. The minimum absolute atomic E-state index is 0.133. The normalized spacial score (nSPS) is 19.5. The first kappa shape index (κ1) is 17.1. The minimum Gasteiger partial charge on any atom is -0.390 e. The van der Waals surface area contributed by atoms with Crippen molar-refractivity contribution >= 4 is 0 Å². The average Bonchev–Trinajstić information content (AvgIpc) is 3.26. The summed E-state index contributed by atoms with van der Waals surface area (Å²) in [5.74, 6) is 1.45. The van der Waals surface area contributed by atoms with Crippen molar-refractivity contribution in [2.45, 2.75) is 39.0 Å². The Labute approximate surface area is 142 Å². The lowest BCUT2D eigenvalue weighted by atomic mass is 10.2. The number of aryl methyl sites for hydroxylation is 1. The van der Waals surface area contributed by atoms with Crippen LogP contribution in [-0.2, 0) is 13.0 Å². The monoisotopic (exact) mass is 334 g/mol. The second kappa shape index (κ2) is 7.87. The highest BCUT2D eigenvalue weighted by Gasteiger charge is 2.26. The van der Waals surface area contributed by atoms with Crippen molar-refractivity contribution in [3.8, 4) is 0 Å². The van der Waals surface area contributed by atoms with Gasteiger partial charge in [-0.15, -0.1) is 0 Å². The molecule has 1 fully saturated rings. The summed E-state index contributed by atoms with van der Waals surface area (Å²) in [6.07, 6.45) is 3.99. The van der Waals surface area contributed by atoms with Crippen molar-refractivity contribution < 1.29 is 9.63 Å². The van der Waals surface area contributed by atoms with E-state index in [9.17, 15) is 5.11 Å². The van der Waals surface area contributed by atoms with Gasteiger partial charge in [0.25, 0.3) is 0 Å². The molecule has 3 rings (SSSR count). The molecule has 8 heteroatoms. The fraction of sp³-hybridized carbons (Fsp3) is 0.688. The van der Waals surface area contributed by atoms with Crippen LogP contribution in [0.25, 0.3) is 0 Å². The summed E-state index contributed by atoms with van der Waals surface area (Å²) in [5.41, 5.74) is 0. The lowest BCUT2D eigenvalue weighted by molar-refractivity contribution is 0.0459. The fourth-order valence-corrected chi connectivity index (χ4v) is 3.05. The van der Waals surface area contributed by atoms with Crippen molar-refractivity contribution in [3.63, 3.8) is 0 Å². The molecular weight excluding hydrogens is 308 g/mol. The van der Waals surface area contributed by atoms with E-state index in [0.717, 1.165) is 38.4 Å². The second-order valence-corrected chi connectivity index (χ2v) is 6.30. The minimum atomic E-state index is -0.406. The van der Waals surface area contributed by atoms with Crippen LogP contribution in [-0.4, -0.2) is 73.7 Å². The van der Waals surface area contributed by atoms with Gasteiger partial charge in [-0.05, 0) is 13.0 Å². The first-order valence-electron chi connectivity index (χ1n) is 8.60. The molecule has 0 aliphatic carbocycles. The topological polar surface area (TPSA) is 83.5 Å². The van der Waals surface area contributed by atoms with Crippen LogP contribution in [0.5, 0.6) is 0 Å². The SMILES string of the molecule is CCc1noc([C@H](C)N2CCN(C[C@H](O)Cn3cccn3)CC2)n1. The molecule has 3 heterocycles. The zero-order valence-electron chi connectivity index (χ0n) is 14.4. The number of aliphatic hydroxyl groups excluding tert-OH is 1. The van der Waals surface area contributed by atoms with Crippen LogP contribution in [0.1, 0.15) is 31.6 Å². The summed E-state index contributed by atoms with van der Waals surface area (Å²) in [5, 5.41) is 18.3. The quantitative estimate of drug-likeness (QED) is 0.792. The lowest BCUT2D eigenvalue weighted by Gasteiger charge is -2.37. The number of aromatic nitrogens is 4. The fourth-order valence-electron chi connectivity index (χ4n) is 3.05. The Bertz CT molecular complexity index is 606. The molecule has 0 aromatic carbocycles. The zero-order valence-corrected chi connectivity index (χ0v) is 14.4. The third-order valence-electron chi connectivity index (χ3n) is 4.54. The molecule has 1 aliphatic heterocycles. The molecule has 0 bridgehead atoms. The van der Waals surface area contributed by atoms with Gasteiger partial charge in [0.2, 0.25) is 5.89 Å². The Kier molecular flexibility index (Phi) is 5.60. The van der Waals surface area contributed by atoms with E-state index in [1.54, 1.807) is 10.9 Å². The largest absolute Gasteiger partial charge is 0.390 e. The highest BCUT2D eigenvalue weighted by atomic mass is 16.5. The van der Waals surface area contributed by atoms with Gasteiger partial charge in [0.15, 0.2) is 5.82 Å². The molecule has 2 aromatic heterocycles. The van der Waals surface area contributed by atoms with Crippen LogP contribution in [0.3, 0.4) is 0 Å². The van der Waals surface area contributed by atoms with Gasteiger partial charge in [-0.2, -0.15) is 10.1 Å². The van der Waals surface area contributed by atoms with E-state index in [4.69, 9.17) is 4.52 Å². The van der Waals surface area contributed by atoms with Gasteiger partial charge >= 0.3 is 0 Å². The molecule has 0 radical (unpaired) electrons. The van der Waals surface area contributed by atoms with Crippen LogP contribution in [0.15, 0.2) is 23.0 Å². The van der Waals surface area contributed by atoms with E-state index in [2.05, 4.69) is 32.0 Å². The van der Waals surface area contributed by atoms with Gasteiger partial charge in [0, 0.05) is 51.5 Å². The number of hydrogen-bond acceptors (Lipinski definition) is 7. The maximum atomic E-state index is 10.2. The van der Waals surface area contributed by atoms with E-state index in [1.807, 2.05) is 19.2 Å². The lowest BCUT2D eigenvalue weighted by Crippen LogP contribution is -2.49. The average molecular weight is 334 g/mol. The second-order valence-electron chi connectivity index (χ2n) is 6.30. The predicted octanol–water partition coefficient (Wildman–Crippen LogP) is 0.568. The third kappa shape index (κ3) is 4.19. The molecule has 24 heavy (non-hydrogen) atoms. The van der Waals surface area contributed by atoms with Crippen LogP contribution in [0, 0.1) is 0 Å². The number of hydrogen-bond donors (Lipinski definition) is 1. The highest BCUT2D eigenvalue weighted by molar-refractivity contribution is 4.93. The van der Waals surface area contributed by atoms with Crippen molar-refractivity contribution in [2.24, 2.45) is 0 Å². The maximum Gasteiger partial charge on any atom is 0.243 e. The van der Waals surface area contributed by atoms with Gasteiger partial charge in [0.05, 0.1) is 18.7 Å². The summed E-state index contributed by atoms with van der Waals surface area (Å²) < 4.78 is 7.12. The van der Waals surface area contributed by atoms with Gasteiger partial charge in [-0.25, -0.2) is 0 Å². The zero-order chi connectivity index (χ0) is 16.9. The number of rotatable bonds is 7. The van der Waals surface area contributed by atoms with Crippen LogP contribution in [0.4, 0.5) is 0 Å². The first-order chi connectivity index (χ1) is 11.7. The van der Waals surface area contributed by atoms with Crippen molar-refractivity contribution in [2.75, 3.05) is 32.7 Å². The molecule has 8 nitrogen and oxygen atoms in total. The van der Waals surface area contributed by atoms with Crippen molar-refractivity contribution in [3.05, 3.63) is 30.2 Å². The summed E-state index contributed by atoms with van der Waals surface area (Å²) >= 11 is 0. The van der Waals surface area contributed by atoms with Gasteiger partial charge in [-0.1, -0.05) is 12.1 Å². The van der Waals surface area contributed by atoms with Gasteiger partial charge in [0.1, 0.15) is 0 Å². The molecular formula is C16H26N6O2. The Balaban J connectivity index is 1.45. The van der Waals surface area contributed by atoms with Crippen LogP contribution < -0.4 is 0 Å². The molecule has 2 aromatic rings. The summed E-state index contributed by atoms with van der Waals surface area (Å²) in [4.78, 5) is 9.08. The van der Waals surface area contributed by atoms with Crippen LogP contribution in [0.2, 0.25) is 0 Å². The van der Waals surface area contributed by atoms with E-state index in [-0.39, 0.29) is 6.04 Å². The Morgan fingerprint density at radius 2 is 2.04 bits per heavy atom. The molecule has 1 aliphatic rings. The Morgan fingerprint density at radius 3 is 2.67 bits per heavy atom. The number of aliphatic hydroxyl groups is 1. The molecule has 2 atom stereocenters. The summed E-state index contributed by atoms with van der Waals surface area (Å²) in [6.45, 7) is 9.04. The van der Waals surface area contributed by atoms with Crippen LogP contribution >= 0.6 is 0 Å². The number of nitrogens with zero attached hydrogens (tertiary/aromatic N) is 6. The first-order valence-corrected chi connectivity index (χ1v) is 8.60. The van der Waals surface area contributed by atoms with E-state index < -0.39 is 6.10 Å². The van der Waals surface area contributed by atoms with E-state index >= 15 is 0 Å². The highest BCUT2D eigenvalue weighted by Crippen LogP contribution is 2.20. The molecule has 0 amide bonds. The molecule has 0 spiro atoms. The van der Waals surface area contributed by atoms with Crippen molar-refractivity contribution in [1.29, 1.82) is 0 Å². The molecule has 1 saturated heterocycles. The van der Waals surface area contributed by atoms with Gasteiger partial charge in [-0.3, -0.25) is 14.5 Å². The smallest absolute Gasteiger partial charge is 0.243 e. The Morgan fingerprint density at radius 1 is 1.25 bits per heavy atom. The van der Waals surface area contributed by atoms with E-state index in [0.29, 0.717) is 19.0 Å².